The molecular formula is C22H31N3O3. The van der Waals surface area contributed by atoms with Crippen molar-refractivity contribution in [2.75, 3.05) is 11.4 Å². The van der Waals surface area contributed by atoms with Crippen LogP contribution in [0.15, 0.2) is 24.3 Å². The molecule has 1 fully saturated rings. The molecule has 6 heteroatoms. The second-order valence-corrected chi connectivity index (χ2v) is 8.25. The fourth-order valence-electron chi connectivity index (χ4n) is 4.10. The Morgan fingerprint density at radius 3 is 2.43 bits per heavy atom. The zero-order valence-corrected chi connectivity index (χ0v) is 16.9. The maximum Gasteiger partial charge on any atom is 0.254 e. The lowest BCUT2D eigenvalue weighted by molar-refractivity contribution is -0.125. The van der Waals surface area contributed by atoms with Gasteiger partial charge in [-0.25, -0.2) is 0 Å². The van der Waals surface area contributed by atoms with Crippen LogP contribution in [0.1, 0.15) is 69.2 Å². The van der Waals surface area contributed by atoms with Gasteiger partial charge in [-0.1, -0.05) is 58.1 Å². The number of anilines is 1. The zero-order chi connectivity index (χ0) is 20.1. The van der Waals surface area contributed by atoms with Crippen molar-refractivity contribution in [3.05, 3.63) is 29.8 Å². The Balaban J connectivity index is 1.78. The largest absolute Gasteiger partial charge is 0.352 e. The number of nitrogens with zero attached hydrogens (tertiary/aromatic N) is 1. The topological polar surface area (TPSA) is 78.5 Å². The summed E-state index contributed by atoms with van der Waals surface area (Å²) in [6, 6.07) is 6.51. The molecular weight excluding hydrogens is 354 g/mol. The Kier molecular flexibility index (Phi) is 6.70. The normalized spacial score (nSPS) is 21.4. The summed E-state index contributed by atoms with van der Waals surface area (Å²) in [6.07, 6.45) is 7.95. The van der Waals surface area contributed by atoms with Gasteiger partial charge in [0.15, 0.2) is 0 Å². The third kappa shape index (κ3) is 4.72. The first-order chi connectivity index (χ1) is 13.5. The van der Waals surface area contributed by atoms with Crippen LogP contribution in [0.3, 0.4) is 0 Å². The molecule has 28 heavy (non-hydrogen) atoms. The number of hydrogen-bond acceptors (Lipinski definition) is 3. The third-order valence-corrected chi connectivity index (χ3v) is 5.70. The first-order valence-corrected chi connectivity index (χ1v) is 10.5. The monoisotopic (exact) mass is 385 g/mol. The minimum Gasteiger partial charge on any atom is -0.352 e. The molecule has 3 rings (SSSR count). The first kappa shape index (κ1) is 20.4. The molecule has 2 N–H and O–H groups in total. The molecule has 0 bridgehead atoms. The van der Waals surface area contributed by atoms with Gasteiger partial charge < -0.3 is 15.5 Å². The summed E-state index contributed by atoms with van der Waals surface area (Å²) in [5.74, 6) is -0.737. The molecule has 1 aromatic carbocycles. The lowest BCUT2D eigenvalue weighted by Crippen LogP contribution is -2.51. The number of carbonyl (C=O) groups is 3. The highest BCUT2D eigenvalue weighted by Gasteiger charge is 2.36. The van der Waals surface area contributed by atoms with Gasteiger partial charge in [0.05, 0.1) is 11.3 Å². The van der Waals surface area contributed by atoms with Gasteiger partial charge in [0.25, 0.3) is 5.91 Å². The maximum absolute atomic E-state index is 13.2. The molecule has 1 heterocycles. The summed E-state index contributed by atoms with van der Waals surface area (Å²) in [5, 5.41) is 5.95. The van der Waals surface area contributed by atoms with Gasteiger partial charge in [0.1, 0.15) is 12.6 Å². The van der Waals surface area contributed by atoms with Gasteiger partial charge in [-0.15, -0.1) is 0 Å². The number of fused-ring (bicyclic) bond motifs is 1. The SMILES string of the molecule is CC(C)[C@H]1NC(=O)c2ccccc2N(CC(=O)NC2CCCCCCC2)C1=O. The molecule has 1 atom stereocenters. The van der Waals surface area contributed by atoms with Crippen molar-refractivity contribution in [2.45, 2.75) is 70.9 Å². The standard InChI is InChI=1S/C22H31N3O3/c1-15(2)20-22(28)25(18-13-9-8-12-17(18)21(27)24-20)14-19(26)23-16-10-6-4-3-5-7-11-16/h8-9,12-13,15-16,20H,3-7,10-11,14H2,1-2H3,(H,23,26)(H,24,27)/t20-/m1/s1. The highest BCUT2D eigenvalue weighted by atomic mass is 16.2. The lowest BCUT2D eigenvalue weighted by atomic mass is 9.97. The minimum absolute atomic E-state index is 0.0650. The van der Waals surface area contributed by atoms with E-state index in [4.69, 9.17) is 0 Å². The molecule has 1 aromatic rings. The number of hydrogen-bond donors (Lipinski definition) is 2. The fraction of sp³-hybridized carbons (Fsp3) is 0.591. The van der Waals surface area contributed by atoms with E-state index in [1.165, 1.54) is 24.2 Å². The summed E-state index contributed by atoms with van der Waals surface area (Å²) in [7, 11) is 0. The van der Waals surface area contributed by atoms with E-state index in [0.29, 0.717) is 11.3 Å². The van der Waals surface area contributed by atoms with Crippen molar-refractivity contribution in [3.63, 3.8) is 0 Å². The number of para-hydroxylation sites is 1. The Bertz CT molecular complexity index is 723. The van der Waals surface area contributed by atoms with Crippen molar-refractivity contribution < 1.29 is 14.4 Å². The van der Waals surface area contributed by atoms with Crippen molar-refractivity contribution in [3.8, 4) is 0 Å². The summed E-state index contributed by atoms with van der Waals surface area (Å²) in [4.78, 5) is 40.0. The van der Waals surface area contributed by atoms with Crippen LogP contribution in [0.5, 0.6) is 0 Å². The van der Waals surface area contributed by atoms with Crippen LogP contribution < -0.4 is 15.5 Å². The van der Waals surface area contributed by atoms with Crippen LogP contribution >= 0.6 is 0 Å². The molecule has 0 radical (unpaired) electrons. The van der Waals surface area contributed by atoms with Crippen LogP contribution in [-0.2, 0) is 9.59 Å². The van der Waals surface area contributed by atoms with Crippen LogP contribution in [0.4, 0.5) is 5.69 Å². The molecule has 0 saturated heterocycles. The van der Waals surface area contributed by atoms with Gasteiger partial charge in [0, 0.05) is 6.04 Å². The highest BCUT2D eigenvalue weighted by Crippen LogP contribution is 2.26. The molecule has 1 saturated carbocycles. The predicted octanol–water partition coefficient (Wildman–Crippen LogP) is 3.02. The van der Waals surface area contributed by atoms with Crippen molar-refractivity contribution in [2.24, 2.45) is 5.92 Å². The van der Waals surface area contributed by atoms with Crippen molar-refractivity contribution in [1.82, 2.24) is 10.6 Å². The molecule has 3 amide bonds. The van der Waals surface area contributed by atoms with Crippen LogP contribution in [0.2, 0.25) is 0 Å². The molecule has 6 nitrogen and oxygen atoms in total. The smallest absolute Gasteiger partial charge is 0.254 e. The second-order valence-electron chi connectivity index (χ2n) is 8.25. The molecule has 1 aliphatic carbocycles. The molecule has 2 aliphatic rings. The van der Waals surface area contributed by atoms with Gasteiger partial charge in [-0.3, -0.25) is 14.4 Å². The molecule has 152 valence electrons. The van der Waals surface area contributed by atoms with E-state index in [9.17, 15) is 14.4 Å². The summed E-state index contributed by atoms with van der Waals surface area (Å²) >= 11 is 0. The average molecular weight is 386 g/mol. The maximum atomic E-state index is 13.2. The van der Waals surface area contributed by atoms with Gasteiger partial charge in [0.2, 0.25) is 11.8 Å². The van der Waals surface area contributed by atoms with E-state index in [0.717, 1.165) is 25.7 Å². The predicted molar refractivity (Wildman–Crippen MR) is 109 cm³/mol. The summed E-state index contributed by atoms with van der Waals surface area (Å²) in [5.41, 5.74) is 0.929. The average Bonchev–Trinajstić information content (AvgIpc) is 2.74. The van der Waals surface area contributed by atoms with E-state index >= 15 is 0 Å². The second kappa shape index (κ2) is 9.22. The van der Waals surface area contributed by atoms with E-state index in [2.05, 4.69) is 10.6 Å². The number of benzene rings is 1. The first-order valence-electron chi connectivity index (χ1n) is 10.5. The number of rotatable bonds is 4. The fourth-order valence-corrected chi connectivity index (χ4v) is 4.10. The quantitative estimate of drug-likeness (QED) is 0.836. The number of nitrogens with one attached hydrogen (secondary N) is 2. The zero-order valence-electron chi connectivity index (χ0n) is 16.9. The minimum atomic E-state index is -0.644. The third-order valence-electron chi connectivity index (χ3n) is 5.70. The van der Waals surface area contributed by atoms with Crippen LogP contribution in [0.25, 0.3) is 0 Å². The molecule has 0 unspecified atom stereocenters. The van der Waals surface area contributed by atoms with E-state index < -0.39 is 6.04 Å². The molecule has 0 aromatic heterocycles. The van der Waals surface area contributed by atoms with Crippen molar-refractivity contribution >= 4 is 23.4 Å². The van der Waals surface area contributed by atoms with E-state index in [1.807, 2.05) is 13.8 Å². The molecule has 1 aliphatic heterocycles. The summed E-state index contributed by atoms with van der Waals surface area (Å²) < 4.78 is 0. The Morgan fingerprint density at radius 1 is 1.11 bits per heavy atom. The molecule has 0 spiro atoms. The van der Waals surface area contributed by atoms with Crippen molar-refractivity contribution in [1.29, 1.82) is 0 Å². The Hall–Kier alpha value is -2.37. The van der Waals surface area contributed by atoms with Gasteiger partial charge in [-0.05, 0) is 30.9 Å². The number of carbonyl (C=O) groups excluding carboxylic acids is 3. The van der Waals surface area contributed by atoms with E-state index in [1.54, 1.807) is 24.3 Å². The highest BCUT2D eigenvalue weighted by molar-refractivity contribution is 6.12. The van der Waals surface area contributed by atoms with E-state index in [-0.39, 0.29) is 36.2 Å². The van der Waals surface area contributed by atoms with Gasteiger partial charge >= 0.3 is 0 Å². The van der Waals surface area contributed by atoms with Crippen LogP contribution in [0, 0.1) is 5.92 Å². The Labute approximate surface area is 167 Å². The van der Waals surface area contributed by atoms with Gasteiger partial charge in [-0.2, -0.15) is 0 Å². The number of amides is 3. The lowest BCUT2D eigenvalue weighted by Gasteiger charge is -2.28. The summed E-state index contributed by atoms with van der Waals surface area (Å²) in [6.45, 7) is 3.72. The Morgan fingerprint density at radius 2 is 1.75 bits per heavy atom. The van der Waals surface area contributed by atoms with Crippen LogP contribution in [-0.4, -0.2) is 36.3 Å².